The third kappa shape index (κ3) is 2.69. The topological polar surface area (TPSA) is 62.2 Å². The molecular formula is C16H19N5OS. The molecule has 1 amide bonds. The van der Waals surface area contributed by atoms with Gasteiger partial charge in [-0.05, 0) is 26.2 Å². The molecule has 2 aliphatic heterocycles. The Morgan fingerprint density at radius 1 is 1.26 bits per heavy atom. The van der Waals surface area contributed by atoms with Gasteiger partial charge < -0.3 is 9.80 Å². The van der Waals surface area contributed by atoms with Crippen molar-refractivity contribution in [3.05, 3.63) is 34.2 Å². The molecule has 0 aromatic carbocycles. The zero-order chi connectivity index (χ0) is 15.8. The van der Waals surface area contributed by atoms with Gasteiger partial charge in [-0.15, -0.1) is 11.3 Å². The first-order valence-corrected chi connectivity index (χ1v) is 8.96. The summed E-state index contributed by atoms with van der Waals surface area (Å²) in [5, 5.41) is 1.80. The maximum atomic E-state index is 12.5. The van der Waals surface area contributed by atoms with Crippen LogP contribution in [0.25, 0.3) is 0 Å². The fraction of sp³-hybridized carbons (Fsp3) is 0.500. The molecule has 0 bridgehead atoms. The molecule has 0 saturated carbocycles. The van der Waals surface area contributed by atoms with Gasteiger partial charge in [0.25, 0.3) is 5.91 Å². The van der Waals surface area contributed by atoms with E-state index in [1.807, 2.05) is 11.8 Å². The Balaban J connectivity index is 1.59. The van der Waals surface area contributed by atoms with Crippen molar-refractivity contribution in [2.24, 2.45) is 0 Å². The van der Waals surface area contributed by atoms with E-state index in [2.05, 4.69) is 25.9 Å². The Bertz CT molecular complexity index is 711. The van der Waals surface area contributed by atoms with Gasteiger partial charge in [-0.3, -0.25) is 4.79 Å². The second-order valence-electron chi connectivity index (χ2n) is 6.07. The van der Waals surface area contributed by atoms with Gasteiger partial charge in [0, 0.05) is 31.1 Å². The number of nitrogens with zero attached hydrogens (tertiary/aromatic N) is 5. The first-order chi connectivity index (χ1) is 11.2. The highest BCUT2D eigenvalue weighted by Gasteiger charge is 2.36. The van der Waals surface area contributed by atoms with Crippen LogP contribution in [0, 0.1) is 6.92 Å². The monoisotopic (exact) mass is 329 g/mol. The zero-order valence-electron chi connectivity index (χ0n) is 13.1. The minimum Gasteiger partial charge on any atom is -0.357 e. The third-order valence-electron chi connectivity index (χ3n) is 4.55. The molecule has 6 nitrogen and oxygen atoms in total. The van der Waals surface area contributed by atoms with Crippen molar-refractivity contribution in [2.45, 2.75) is 32.2 Å². The summed E-state index contributed by atoms with van der Waals surface area (Å²) < 4.78 is 0. The summed E-state index contributed by atoms with van der Waals surface area (Å²) in [4.78, 5) is 30.0. The van der Waals surface area contributed by atoms with Crippen LogP contribution < -0.4 is 4.90 Å². The minimum absolute atomic E-state index is 0.00138. The number of likely N-dealkylation sites (tertiary alicyclic amines) is 1. The van der Waals surface area contributed by atoms with Crippen LogP contribution in [0.2, 0.25) is 0 Å². The van der Waals surface area contributed by atoms with Gasteiger partial charge >= 0.3 is 0 Å². The lowest BCUT2D eigenvalue weighted by molar-refractivity contribution is 0.0445. The maximum absolute atomic E-state index is 12.5. The lowest BCUT2D eigenvalue weighted by atomic mass is 9.98. The van der Waals surface area contributed by atoms with Crippen molar-refractivity contribution in [1.82, 2.24) is 19.9 Å². The highest BCUT2D eigenvalue weighted by molar-refractivity contribution is 7.07. The highest BCUT2D eigenvalue weighted by atomic mass is 32.1. The largest absolute Gasteiger partial charge is 0.357 e. The summed E-state index contributed by atoms with van der Waals surface area (Å²) in [5.41, 5.74) is 3.18. The number of aryl methyl sites for hydroxylation is 1. The number of rotatable bonds is 3. The molecule has 23 heavy (non-hydrogen) atoms. The first-order valence-electron chi connectivity index (χ1n) is 8.02. The molecule has 0 N–H and O–H groups in total. The fourth-order valence-electron chi connectivity index (χ4n) is 3.26. The molecule has 7 heteroatoms. The molecule has 2 saturated heterocycles. The Kier molecular flexibility index (Phi) is 3.72. The molecule has 2 aromatic rings. The Hall–Kier alpha value is -2.02. The van der Waals surface area contributed by atoms with Crippen molar-refractivity contribution < 1.29 is 4.79 Å². The van der Waals surface area contributed by atoms with Crippen molar-refractivity contribution in [2.75, 3.05) is 24.5 Å². The number of hydrogen-bond acceptors (Lipinski definition) is 6. The van der Waals surface area contributed by atoms with Gasteiger partial charge in [0.05, 0.1) is 17.2 Å². The average molecular weight is 329 g/mol. The molecule has 2 aromatic heterocycles. The van der Waals surface area contributed by atoms with Crippen LogP contribution in [0.5, 0.6) is 0 Å². The summed E-state index contributed by atoms with van der Waals surface area (Å²) in [5.74, 6) is 1.77. The molecular weight excluding hydrogens is 310 g/mol. The van der Waals surface area contributed by atoms with Gasteiger partial charge in [0.2, 0.25) is 0 Å². The molecule has 4 heterocycles. The summed E-state index contributed by atoms with van der Waals surface area (Å²) in [7, 11) is 0. The fourth-order valence-corrected chi connectivity index (χ4v) is 3.78. The molecule has 2 aliphatic rings. The Labute approximate surface area is 139 Å². The molecule has 0 radical (unpaired) electrons. The molecule has 2 fully saturated rings. The van der Waals surface area contributed by atoms with E-state index < -0.39 is 0 Å². The van der Waals surface area contributed by atoms with Crippen LogP contribution in [-0.4, -0.2) is 45.4 Å². The van der Waals surface area contributed by atoms with E-state index in [0.29, 0.717) is 5.69 Å². The first kappa shape index (κ1) is 14.6. The van der Waals surface area contributed by atoms with E-state index in [4.69, 9.17) is 0 Å². The number of carbonyl (C=O) groups excluding carboxylic acids is 1. The van der Waals surface area contributed by atoms with E-state index in [0.717, 1.165) is 43.4 Å². The van der Waals surface area contributed by atoms with Gasteiger partial charge in [-0.1, -0.05) is 0 Å². The smallest absolute Gasteiger partial charge is 0.273 e. The van der Waals surface area contributed by atoms with Crippen molar-refractivity contribution in [3.8, 4) is 0 Å². The van der Waals surface area contributed by atoms with E-state index in [9.17, 15) is 4.79 Å². The lowest BCUT2D eigenvalue weighted by Crippen LogP contribution is -2.45. The van der Waals surface area contributed by atoms with Crippen molar-refractivity contribution in [3.63, 3.8) is 0 Å². The van der Waals surface area contributed by atoms with E-state index in [1.165, 1.54) is 24.2 Å². The zero-order valence-corrected chi connectivity index (χ0v) is 13.9. The number of hydrogen-bond donors (Lipinski definition) is 0. The number of amides is 1. The molecule has 0 aliphatic carbocycles. The molecule has 0 spiro atoms. The summed E-state index contributed by atoms with van der Waals surface area (Å²) in [6.45, 7) is 4.81. The van der Waals surface area contributed by atoms with Crippen LogP contribution >= 0.6 is 11.3 Å². The predicted octanol–water partition coefficient (Wildman–Crippen LogP) is 2.43. The second-order valence-corrected chi connectivity index (χ2v) is 6.79. The number of aromatic nitrogens is 3. The Morgan fingerprint density at radius 2 is 2.09 bits per heavy atom. The SMILES string of the molecule is Cc1nc([C@H]2CCN2C(=O)c2cscn2)cc(N2CCCC2)n1. The molecule has 120 valence electrons. The maximum Gasteiger partial charge on any atom is 0.273 e. The minimum atomic E-state index is 0.00138. The van der Waals surface area contributed by atoms with E-state index in [1.54, 1.807) is 10.9 Å². The quantitative estimate of drug-likeness (QED) is 0.865. The number of carbonyl (C=O) groups is 1. The normalized spacial score (nSPS) is 20.7. The highest BCUT2D eigenvalue weighted by Crippen LogP contribution is 2.35. The number of thiazole rings is 1. The number of anilines is 1. The molecule has 0 unspecified atom stereocenters. The Morgan fingerprint density at radius 3 is 2.74 bits per heavy atom. The predicted molar refractivity (Wildman–Crippen MR) is 88.7 cm³/mol. The summed E-state index contributed by atoms with van der Waals surface area (Å²) in [6, 6.07) is 2.11. The van der Waals surface area contributed by atoms with Crippen LogP contribution in [0.15, 0.2) is 17.0 Å². The van der Waals surface area contributed by atoms with E-state index in [-0.39, 0.29) is 11.9 Å². The van der Waals surface area contributed by atoms with Crippen molar-refractivity contribution in [1.29, 1.82) is 0 Å². The second kappa shape index (κ2) is 5.88. The van der Waals surface area contributed by atoms with E-state index >= 15 is 0 Å². The summed E-state index contributed by atoms with van der Waals surface area (Å²) in [6.07, 6.45) is 3.39. The van der Waals surface area contributed by atoms with Gasteiger partial charge in [0.15, 0.2) is 0 Å². The van der Waals surface area contributed by atoms with Crippen LogP contribution in [0.4, 0.5) is 5.82 Å². The molecule has 1 atom stereocenters. The van der Waals surface area contributed by atoms with Gasteiger partial charge in [-0.2, -0.15) is 0 Å². The van der Waals surface area contributed by atoms with Crippen molar-refractivity contribution >= 4 is 23.1 Å². The molecule has 4 rings (SSSR count). The van der Waals surface area contributed by atoms with Gasteiger partial charge in [0.1, 0.15) is 17.3 Å². The van der Waals surface area contributed by atoms with Gasteiger partial charge in [-0.25, -0.2) is 15.0 Å². The standard InChI is InChI=1S/C16H19N5OS/c1-11-18-12(8-15(19-11)20-5-2-3-6-20)14-4-7-21(14)16(22)13-9-23-10-17-13/h8-10,14H,2-7H2,1H3/t14-/m1/s1. The lowest BCUT2D eigenvalue weighted by Gasteiger charge is -2.40. The van der Waals surface area contributed by atoms with Crippen LogP contribution in [-0.2, 0) is 0 Å². The third-order valence-corrected chi connectivity index (χ3v) is 5.13. The summed E-state index contributed by atoms with van der Waals surface area (Å²) >= 11 is 1.45. The van der Waals surface area contributed by atoms with Crippen LogP contribution in [0.1, 0.15) is 47.3 Å². The average Bonchev–Trinajstić information content (AvgIpc) is 3.19. The van der Waals surface area contributed by atoms with Crippen LogP contribution in [0.3, 0.4) is 0 Å².